The van der Waals surface area contributed by atoms with Crippen molar-refractivity contribution in [3.05, 3.63) is 182 Å². The van der Waals surface area contributed by atoms with Gasteiger partial charge < -0.3 is 5.71 Å². The molecule has 6 aromatic carbocycles. The molecule has 0 aliphatic heterocycles. The van der Waals surface area contributed by atoms with Gasteiger partial charge in [0.1, 0.15) is 0 Å². The van der Waals surface area contributed by atoms with Crippen molar-refractivity contribution in [2.24, 2.45) is 0 Å². The SMILES string of the molecule is CP(c1ccccc1)c1ccccc1.CP(c1ccccc1)c1ccccc1.CP(c1ccccc1)c1ccccc1.[H-].[H-].[H-].[H-].[Ru+4]. The minimum Gasteiger partial charge on any atom is -1.00 e. The topological polar surface area (TPSA) is 0 Å². The fraction of sp³-hybridized carbons (Fsp3) is 0.0769. The molecule has 0 aliphatic rings. The summed E-state index contributed by atoms with van der Waals surface area (Å²) in [5.41, 5.74) is 0. The minimum atomic E-state index is -0.171. The predicted molar refractivity (Wildman–Crippen MR) is 199 cm³/mol. The van der Waals surface area contributed by atoms with Gasteiger partial charge in [0, 0.05) is 0 Å². The molecule has 0 nitrogen and oxygen atoms in total. The van der Waals surface area contributed by atoms with Gasteiger partial charge >= 0.3 is 19.5 Å². The zero-order valence-corrected chi connectivity index (χ0v) is 29.4. The molecule has 0 saturated carbocycles. The average Bonchev–Trinajstić information content (AvgIpc) is 3.10. The second-order valence-corrected chi connectivity index (χ2v) is 16.1. The van der Waals surface area contributed by atoms with E-state index in [4.69, 9.17) is 0 Å². The Balaban J connectivity index is 0. The molecule has 43 heavy (non-hydrogen) atoms. The Morgan fingerprint density at radius 1 is 0.256 bits per heavy atom. The van der Waals surface area contributed by atoms with Gasteiger partial charge in [-0.3, -0.25) is 0 Å². The van der Waals surface area contributed by atoms with Crippen LogP contribution < -0.4 is 31.8 Å². The van der Waals surface area contributed by atoms with Crippen LogP contribution >= 0.6 is 23.8 Å². The Morgan fingerprint density at radius 3 is 0.488 bits per heavy atom. The molecule has 6 rings (SSSR count). The van der Waals surface area contributed by atoms with Crippen LogP contribution in [-0.2, 0) is 19.5 Å². The average molecular weight is 706 g/mol. The molecule has 0 bridgehead atoms. The zero-order valence-electron chi connectivity index (χ0n) is 29.0. The Labute approximate surface area is 281 Å². The quantitative estimate of drug-likeness (QED) is 0.120. The van der Waals surface area contributed by atoms with Gasteiger partial charge in [0.05, 0.1) is 0 Å². The first kappa shape index (κ1) is 34.7. The van der Waals surface area contributed by atoms with Crippen LogP contribution in [0, 0.1) is 0 Å². The van der Waals surface area contributed by atoms with Crippen LogP contribution in [0.2, 0.25) is 0 Å². The molecule has 0 aliphatic carbocycles. The molecule has 0 aromatic heterocycles. The van der Waals surface area contributed by atoms with Crippen LogP contribution in [0.15, 0.2) is 182 Å². The maximum Gasteiger partial charge on any atom is 4.00 e. The Hall–Kier alpha value is -2.77. The first-order valence-corrected chi connectivity index (χ1v) is 19.5. The van der Waals surface area contributed by atoms with Crippen molar-refractivity contribution in [3.8, 4) is 0 Å². The molecule has 222 valence electrons. The van der Waals surface area contributed by atoms with Gasteiger partial charge in [0.2, 0.25) is 0 Å². The van der Waals surface area contributed by atoms with Crippen LogP contribution in [0.1, 0.15) is 5.71 Å². The van der Waals surface area contributed by atoms with Gasteiger partial charge in [-0.15, -0.1) is 0 Å². The zero-order chi connectivity index (χ0) is 29.4. The van der Waals surface area contributed by atoms with E-state index in [0.717, 1.165) is 0 Å². The molecule has 0 heterocycles. The molecule has 4 heteroatoms. The van der Waals surface area contributed by atoms with Crippen molar-refractivity contribution in [3.63, 3.8) is 0 Å². The van der Waals surface area contributed by atoms with E-state index in [0.29, 0.717) is 0 Å². The summed E-state index contributed by atoms with van der Waals surface area (Å²) in [6.45, 7) is 6.92. The van der Waals surface area contributed by atoms with E-state index in [2.05, 4.69) is 202 Å². The smallest absolute Gasteiger partial charge is 1.00 e. The van der Waals surface area contributed by atoms with E-state index in [9.17, 15) is 0 Å². The van der Waals surface area contributed by atoms with Crippen molar-refractivity contribution in [2.75, 3.05) is 20.0 Å². The Bertz CT molecular complexity index is 1240. The van der Waals surface area contributed by atoms with Crippen LogP contribution in [0.5, 0.6) is 0 Å². The van der Waals surface area contributed by atoms with E-state index in [1.54, 1.807) is 0 Å². The summed E-state index contributed by atoms with van der Waals surface area (Å²) in [6, 6.07) is 64.2. The summed E-state index contributed by atoms with van der Waals surface area (Å²) in [5, 5.41) is 8.63. The maximum absolute atomic E-state index is 2.31. The third kappa shape index (κ3) is 11.3. The van der Waals surface area contributed by atoms with E-state index in [1.165, 1.54) is 31.8 Å². The number of benzene rings is 6. The summed E-state index contributed by atoms with van der Waals surface area (Å²) >= 11 is 0. The molecule has 6 aromatic rings. The van der Waals surface area contributed by atoms with Crippen molar-refractivity contribution >= 4 is 55.6 Å². The van der Waals surface area contributed by atoms with Crippen molar-refractivity contribution < 1.29 is 25.2 Å². The van der Waals surface area contributed by atoms with Gasteiger partial charge in [-0.25, -0.2) is 0 Å². The molecular formula is C39H43P3Ru. The monoisotopic (exact) mass is 706 g/mol. The first-order valence-electron chi connectivity index (χ1n) is 14.1. The van der Waals surface area contributed by atoms with Gasteiger partial charge in [0.25, 0.3) is 0 Å². The second kappa shape index (κ2) is 19.5. The fourth-order valence-corrected chi connectivity index (χ4v) is 8.97. The molecular weight excluding hydrogens is 662 g/mol. The van der Waals surface area contributed by atoms with Gasteiger partial charge in [-0.2, -0.15) is 0 Å². The fourth-order valence-electron chi connectivity index (χ4n) is 4.36. The van der Waals surface area contributed by atoms with Crippen LogP contribution in [0.4, 0.5) is 0 Å². The minimum absolute atomic E-state index is 0. The van der Waals surface area contributed by atoms with E-state index < -0.39 is 0 Å². The summed E-state index contributed by atoms with van der Waals surface area (Å²) in [4.78, 5) is 0. The van der Waals surface area contributed by atoms with E-state index in [1.807, 2.05) is 0 Å². The largest absolute Gasteiger partial charge is 4.00 e. The standard InChI is InChI=1S/3C13H13P.Ru.4H/c3*1-14(12-8-4-2-5-9-12)13-10-6-3-7-11-13;;;;;/h3*2-11H,1H3;;;;;/q;;;+4;4*-1. The summed E-state index contributed by atoms with van der Waals surface area (Å²) in [7, 11) is -0.512. The van der Waals surface area contributed by atoms with Crippen molar-refractivity contribution in [1.29, 1.82) is 0 Å². The predicted octanol–water partition coefficient (Wildman–Crippen LogP) is 8.69. The van der Waals surface area contributed by atoms with E-state index >= 15 is 0 Å². The van der Waals surface area contributed by atoms with Crippen molar-refractivity contribution in [1.82, 2.24) is 0 Å². The molecule has 0 spiro atoms. The normalized spacial score (nSPS) is 10.2. The number of hydrogen-bond donors (Lipinski definition) is 0. The third-order valence-corrected chi connectivity index (χ3v) is 13.3. The summed E-state index contributed by atoms with van der Waals surface area (Å²) in [6.07, 6.45) is 0. The Kier molecular flexibility index (Phi) is 15.7. The van der Waals surface area contributed by atoms with Crippen LogP contribution in [0.25, 0.3) is 0 Å². The molecule has 0 unspecified atom stereocenters. The summed E-state index contributed by atoms with van der Waals surface area (Å²) < 4.78 is 0. The molecule has 0 saturated heterocycles. The van der Waals surface area contributed by atoms with Gasteiger partial charge in [0.15, 0.2) is 0 Å². The third-order valence-electron chi connectivity index (χ3n) is 6.86. The second-order valence-electron chi connectivity index (χ2n) is 9.69. The Morgan fingerprint density at radius 2 is 0.372 bits per heavy atom. The number of rotatable bonds is 6. The van der Waals surface area contributed by atoms with Crippen LogP contribution in [0.3, 0.4) is 0 Å². The van der Waals surface area contributed by atoms with E-state index in [-0.39, 0.29) is 48.9 Å². The molecule has 0 N–H and O–H groups in total. The molecule has 0 radical (unpaired) electrons. The first-order chi connectivity index (χ1) is 20.6. The summed E-state index contributed by atoms with van der Waals surface area (Å²) in [5.74, 6) is 0. The number of hydrogen-bond acceptors (Lipinski definition) is 0. The molecule has 0 amide bonds. The molecule has 0 atom stereocenters. The molecule has 0 fully saturated rings. The van der Waals surface area contributed by atoms with Crippen molar-refractivity contribution in [2.45, 2.75) is 0 Å². The van der Waals surface area contributed by atoms with Gasteiger partial charge in [-0.1, -0.05) is 182 Å². The van der Waals surface area contributed by atoms with Crippen LogP contribution in [-0.4, -0.2) is 20.0 Å². The van der Waals surface area contributed by atoms with Gasteiger partial charge in [-0.05, 0) is 75.6 Å². The maximum atomic E-state index is 2.31.